The minimum absolute atomic E-state index is 0.0272. The summed E-state index contributed by atoms with van der Waals surface area (Å²) in [6.45, 7) is 5.80. The van der Waals surface area contributed by atoms with Gasteiger partial charge >= 0.3 is 0 Å². The standard InChI is InChI=1S/C24H21N5O3/c1-14-5-7-20-21(9-14)27-24(26-20)18(13-25)11-17-10-15(2)28(16(17)3)22-12-19(29(30)31)6-8-23(22)32-4/h5-12H,1-4H3,(H,26,27)/b18-11-. The van der Waals surface area contributed by atoms with Gasteiger partial charge in [0.05, 0.1) is 34.3 Å². The van der Waals surface area contributed by atoms with Crippen molar-refractivity contribution in [1.29, 1.82) is 5.26 Å². The van der Waals surface area contributed by atoms with Gasteiger partial charge in [0, 0.05) is 23.5 Å². The molecule has 160 valence electrons. The zero-order valence-corrected chi connectivity index (χ0v) is 18.1. The van der Waals surface area contributed by atoms with Crippen LogP contribution in [0.1, 0.15) is 28.3 Å². The molecule has 2 aromatic carbocycles. The summed E-state index contributed by atoms with van der Waals surface area (Å²) < 4.78 is 7.33. The highest BCUT2D eigenvalue weighted by Gasteiger charge is 2.18. The summed E-state index contributed by atoms with van der Waals surface area (Å²) >= 11 is 0. The maximum absolute atomic E-state index is 11.3. The van der Waals surface area contributed by atoms with E-state index in [0.29, 0.717) is 22.8 Å². The van der Waals surface area contributed by atoms with Crippen molar-refractivity contribution in [3.05, 3.63) is 80.9 Å². The molecule has 0 unspecified atom stereocenters. The number of benzene rings is 2. The molecule has 0 atom stereocenters. The Bertz CT molecular complexity index is 1440. The first-order valence-electron chi connectivity index (χ1n) is 9.92. The van der Waals surface area contributed by atoms with Gasteiger partial charge in [0.2, 0.25) is 0 Å². The number of non-ortho nitro benzene ring substituents is 1. The highest BCUT2D eigenvalue weighted by molar-refractivity contribution is 5.91. The van der Waals surface area contributed by atoms with Gasteiger partial charge in [0.1, 0.15) is 17.6 Å². The molecule has 0 amide bonds. The number of nitro benzene ring substituents is 1. The zero-order chi connectivity index (χ0) is 23.0. The van der Waals surface area contributed by atoms with Gasteiger partial charge < -0.3 is 14.3 Å². The summed E-state index contributed by atoms with van der Waals surface area (Å²) in [7, 11) is 1.52. The summed E-state index contributed by atoms with van der Waals surface area (Å²) in [5.74, 6) is 1.01. The van der Waals surface area contributed by atoms with Crippen molar-refractivity contribution in [1.82, 2.24) is 14.5 Å². The lowest BCUT2D eigenvalue weighted by atomic mass is 10.1. The van der Waals surface area contributed by atoms with Gasteiger partial charge in [-0.2, -0.15) is 5.26 Å². The number of aryl methyl sites for hydroxylation is 2. The van der Waals surface area contributed by atoms with Crippen molar-refractivity contribution < 1.29 is 9.66 Å². The highest BCUT2D eigenvalue weighted by atomic mass is 16.6. The quantitative estimate of drug-likeness (QED) is 0.265. The van der Waals surface area contributed by atoms with Crippen LogP contribution in [0.3, 0.4) is 0 Å². The number of hydrogen-bond donors (Lipinski definition) is 1. The number of rotatable bonds is 5. The van der Waals surface area contributed by atoms with Crippen LogP contribution >= 0.6 is 0 Å². The highest BCUT2D eigenvalue weighted by Crippen LogP contribution is 2.32. The first kappa shape index (κ1) is 20.9. The van der Waals surface area contributed by atoms with E-state index in [9.17, 15) is 15.4 Å². The van der Waals surface area contributed by atoms with Gasteiger partial charge in [-0.05, 0) is 62.2 Å². The van der Waals surface area contributed by atoms with Crippen molar-refractivity contribution >= 4 is 28.4 Å². The number of H-pyrrole nitrogens is 1. The Morgan fingerprint density at radius 1 is 1.22 bits per heavy atom. The molecule has 0 aliphatic carbocycles. The number of nitro groups is 1. The van der Waals surface area contributed by atoms with Gasteiger partial charge in [0.25, 0.3) is 5.69 Å². The Kier molecular flexibility index (Phi) is 5.24. The Morgan fingerprint density at radius 3 is 2.69 bits per heavy atom. The van der Waals surface area contributed by atoms with Gasteiger partial charge in [-0.3, -0.25) is 10.1 Å². The molecule has 0 aliphatic rings. The molecule has 0 spiro atoms. The molecule has 0 saturated heterocycles. The van der Waals surface area contributed by atoms with Crippen molar-refractivity contribution in [3.8, 4) is 17.5 Å². The van der Waals surface area contributed by atoms with E-state index in [2.05, 4.69) is 16.0 Å². The zero-order valence-electron chi connectivity index (χ0n) is 18.1. The van der Waals surface area contributed by atoms with Crippen LogP contribution < -0.4 is 4.74 Å². The lowest BCUT2D eigenvalue weighted by Crippen LogP contribution is -2.03. The second-order valence-corrected chi connectivity index (χ2v) is 7.55. The third kappa shape index (κ3) is 3.61. The van der Waals surface area contributed by atoms with Crippen LogP contribution in [0, 0.1) is 42.2 Å². The predicted octanol–water partition coefficient (Wildman–Crippen LogP) is 5.26. The van der Waals surface area contributed by atoms with E-state index in [-0.39, 0.29) is 5.69 Å². The molecule has 8 nitrogen and oxygen atoms in total. The second-order valence-electron chi connectivity index (χ2n) is 7.55. The summed E-state index contributed by atoms with van der Waals surface area (Å²) in [5, 5.41) is 21.1. The molecule has 0 radical (unpaired) electrons. The smallest absolute Gasteiger partial charge is 0.271 e. The van der Waals surface area contributed by atoms with E-state index in [4.69, 9.17) is 4.74 Å². The number of ether oxygens (including phenoxy) is 1. The Labute approximate surface area is 184 Å². The SMILES string of the molecule is COc1ccc([N+](=O)[O-])cc1-n1c(C)cc(/C=C(/C#N)c2nc3ccc(C)cc3[nH]2)c1C. The van der Waals surface area contributed by atoms with E-state index in [1.165, 1.54) is 19.2 Å². The average molecular weight is 427 g/mol. The molecule has 4 rings (SSSR count). The van der Waals surface area contributed by atoms with Crippen LogP contribution in [0.25, 0.3) is 28.4 Å². The minimum atomic E-state index is -0.436. The summed E-state index contributed by atoms with van der Waals surface area (Å²) in [5.41, 5.74) is 6.17. The number of methoxy groups -OCH3 is 1. The van der Waals surface area contributed by atoms with Crippen molar-refractivity contribution in [2.45, 2.75) is 20.8 Å². The van der Waals surface area contributed by atoms with Crippen LogP contribution in [-0.2, 0) is 0 Å². The first-order chi connectivity index (χ1) is 15.3. The van der Waals surface area contributed by atoms with Gasteiger partial charge in [-0.25, -0.2) is 4.98 Å². The molecule has 8 heteroatoms. The number of aromatic nitrogens is 3. The fourth-order valence-corrected chi connectivity index (χ4v) is 3.83. The molecular formula is C24H21N5O3. The third-order valence-electron chi connectivity index (χ3n) is 5.40. The fraction of sp³-hybridized carbons (Fsp3) is 0.167. The third-order valence-corrected chi connectivity index (χ3v) is 5.40. The van der Waals surface area contributed by atoms with Gasteiger partial charge in [-0.15, -0.1) is 0 Å². The van der Waals surface area contributed by atoms with E-state index in [0.717, 1.165) is 33.5 Å². The van der Waals surface area contributed by atoms with Gasteiger partial charge in [0.15, 0.2) is 0 Å². The van der Waals surface area contributed by atoms with Crippen molar-refractivity contribution in [3.63, 3.8) is 0 Å². The topological polar surface area (TPSA) is 110 Å². The number of fused-ring (bicyclic) bond motifs is 1. The van der Waals surface area contributed by atoms with Crippen molar-refractivity contribution in [2.75, 3.05) is 7.11 Å². The minimum Gasteiger partial charge on any atom is -0.495 e. The number of nitrogens with one attached hydrogen (secondary N) is 1. The monoisotopic (exact) mass is 427 g/mol. The predicted molar refractivity (Wildman–Crippen MR) is 123 cm³/mol. The molecule has 0 bridgehead atoms. The Morgan fingerprint density at radius 2 is 2.00 bits per heavy atom. The molecule has 4 aromatic rings. The van der Waals surface area contributed by atoms with E-state index >= 15 is 0 Å². The molecule has 0 aliphatic heterocycles. The number of imidazole rings is 1. The van der Waals surface area contributed by atoms with Crippen LogP contribution in [0.4, 0.5) is 5.69 Å². The molecular weight excluding hydrogens is 406 g/mol. The van der Waals surface area contributed by atoms with Crippen LogP contribution in [0.2, 0.25) is 0 Å². The molecule has 0 fully saturated rings. The van der Waals surface area contributed by atoms with Crippen LogP contribution in [-0.4, -0.2) is 26.6 Å². The van der Waals surface area contributed by atoms with Crippen LogP contribution in [0.15, 0.2) is 42.5 Å². The van der Waals surface area contributed by atoms with E-state index in [1.54, 1.807) is 12.1 Å². The lowest BCUT2D eigenvalue weighted by molar-refractivity contribution is -0.384. The Balaban J connectivity index is 1.83. The summed E-state index contributed by atoms with van der Waals surface area (Å²) in [6, 6.07) is 14.5. The lowest BCUT2D eigenvalue weighted by Gasteiger charge is -2.13. The van der Waals surface area contributed by atoms with Crippen molar-refractivity contribution in [2.24, 2.45) is 0 Å². The summed E-state index contributed by atoms with van der Waals surface area (Å²) in [4.78, 5) is 18.6. The maximum Gasteiger partial charge on any atom is 0.271 e. The maximum atomic E-state index is 11.3. The number of nitrogens with zero attached hydrogens (tertiary/aromatic N) is 4. The number of nitriles is 1. The first-order valence-corrected chi connectivity index (χ1v) is 9.92. The molecule has 2 heterocycles. The fourth-order valence-electron chi connectivity index (χ4n) is 3.83. The normalized spacial score (nSPS) is 11.5. The number of hydrogen-bond acceptors (Lipinski definition) is 5. The summed E-state index contributed by atoms with van der Waals surface area (Å²) in [6.07, 6.45) is 1.77. The van der Waals surface area contributed by atoms with E-state index < -0.39 is 4.92 Å². The Hall–Kier alpha value is -4.38. The molecule has 1 N–H and O–H groups in total. The molecule has 32 heavy (non-hydrogen) atoms. The average Bonchev–Trinajstić information content (AvgIpc) is 3.30. The van der Waals surface area contributed by atoms with Gasteiger partial charge in [-0.1, -0.05) is 6.07 Å². The van der Waals surface area contributed by atoms with E-state index in [1.807, 2.05) is 49.6 Å². The largest absolute Gasteiger partial charge is 0.495 e. The number of aromatic amines is 1. The molecule has 0 saturated carbocycles. The number of allylic oxidation sites excluding steroid dienone is 1. The van der Waals surface area contributed by atoms with Crippen LogP contribution in [0.5, 0.6) is 5.75 Å². The second kappa shape index (κ2) is 8.04. The molecule has 2 aromatic heterocycles.